The van der Waals surface area contributed by atoms with E-state index in [1.54, 1.807) is 0 Å². The molecule has 2 fully saturated rings. The Labute approximate surface area is 156 Å². The summed E-state index contributed by atoms with van der Waals surface area (Å²) in [5, 5.41) is 0. The molecule has 0 saturated heterocycles. The number of rotatable bonds is 2. The van der Waals surface area contributed by atoms with E-state index < -0.39 is 7.92 Å². The van der Waals surface area contributed by atoms with Crippen LogP contribution in [0.5, 0.6) is 0 Å². The molecule has 0 spiro atoms. The van der Waals surface area contributed by atoms with Gasteiger partial charge in [0.05, 0.1) is 24.9 Å². The van der Waals surface area contributed by atoms with Gasteiger partial charge in [0.15, 0.2) is 0 Å². The van der Waals surface area contributed by atoms with Crippen molar-refractivity contribution in [2.75, 3.05) is 0 Å². The SMILES string of the molecule is CC(C)(C)c1ccc(C#C[PH+](C2CCCCC2)C2CCCCC2)cc1. The van der Waals surface area contributed by atoms with Crippen LogP contribution in [0, 0.1) is 11.6 Å². The predicted octanol–water partition coefficient (Wildman–Crippen LogP) is 7.17. The Morgan fingerprint density at radius 3 is 1.68 bits per heavy atom. The van der Waals surface area contributed by atoms with Gasteiger partial charge in [-0.3, -0.25) is 0 Å². The van der Waals surface area contributed by atoms with E-state index in [9.17, 15) is 0 Å². The van der Waals surface area contributed by atoms with Crippen LogP contribution >= 0.6 is 7.92 Å². The van der Waals surface area contributed by atoms with Crippen molar-refractivity contribution >= 4 is 7.92 Å². The van der Waals surface area contributed by atoms with Crippen LogP contribution in [0.2, 0.25) is 0 Å². The Morgan fingerprint density at radius 1 is 0.760 bits per heavy atom. The van der Waals surface area contributed by atoms with E-state index in [1.165, 1.54) is 75.3 Å². The summed E-state index contributed by atoms with van der Waals surface area (Å²) in [4.78, 5) is 0. The third-order valence-corrected chi connectivity index (χ3v) is 9.52. The van der Waals surface area contributed by atoms with Gasteiger partial charge in [-0.05, 0) is 80.4 Å². The minimum atomic E-state index is -0.543. The molecule has 1 aromatic rings. The van der Waals surface area contributed by atoms with Gasteiger partial charge in [-0.2, -0.15) is 0 Å². The van der Waals surface area contributed by atoms with Crippen LogP contribution in [0.15, 0.2) is 24.3 Å². The van der Waals surface area contributed by atoms with Gasteiger partial charge < -0.3 is 0 Å². The highest BCUT2D eigenvalue weighted by molar-refractivity contribution is 7.64. The van der Waals surface area contributed by atoms with Gasteiger partial charge in [0, 0.05) is 5.56 Å². The summed E-state index contributed by atoms with van der Waals surface area (Å²) in [6.07, 6.45) is 14.6. The van der Waals surface area contributed by atoms with Gasteiger partial charge in [0.1, 0.15) is 0 Å². The monoisotopic (exact) mass is 355 g/mol. The molecule has 1 aromatic carbocycles. The van der Waals surface area contributed by atoms with Crippen LogP contribution in [-0.2, 0) is 5.41 Å². The van der Waals surface area contributed by atoms with E-state index in [1.807, 2.05) is 0 Å². The van der Waals surface area contributed by atoms with Gasteiger partial charge in [-0.15, -0.1) is 0 Å². The molecule has 0 bridgehead atoms. The summed E-state index contributed by atoms with van der Waals surface area (Å²) >= 11 is 0. The van der Waals surface area contributed by atoms with E-state index in [2.05, 4.69) is 56.6 Å². The van der Waals surface area contributed by atoms with Crippen molar-refractivity contribution in [3.8, 4) is 11.6 Å². The Morgan fingerprint density at radius 2 is 1.24 bits per heavy atom. The highest BCUT2D eigenvalue weighted by atomic mass is 31.1. The zero-order chi connectivity index (χ0) is 17.7. The van der Waals surface area contributed by atoms with Crippen LogP contribution < -0.4 is 0 Å². The molecule has 3 rings (SSSR count). The first-order valence-electron chi connectivity index (χ1n) is 10.5. The van der Waals surface area contributed by atoms with Crippen LogP contribution in [0.1, 0.15) is 96.1 Å². The molecule has 2 aliphatic carbocycles. The van der Waals surface area contributed by atoms with Crippen molar-refractivity contribution in [1.82, 2.24) is 0 Å². The van der Waals surface area contributed by atoms with E-state index in [0.717, 1.165) is 11.3 Å². The largest absolute Gasteiger partial charge is 0.0851 e. The minimum Gasteiger partial charge on any atom is -0.0573 e. The maximum Gasteiger partial charge on any atom is 0.0851 e. The fraction of sp³-hybridized carbons (Fsp3) is 0.667. The Balaban J connectivity index is 1.76. The molecule has 2 saturated carbocycles. The van der Waals surface area contributed by atoms with Crippen LogP contribution in [-0.4, -0.2) is 11.3 Å². The van der Waals surface area contributed by atoms with Crippen molar-refractivity contribution in [3.05, 3.63) is 35.4 Å². The molecule has 1 heteroatoms. The smallest absolute Gasteiger partial charge is 0.0573 e. The summed E-state index contributed by atoms with van der Waals surface area (Å²) in [6, 6.07) is 9.04. The van der Waals surface area contributed by atoms with Gasteiger partial charge in [-0.1, -0.05) is 45.7 Å². The lowest BCUT2D eigenvalue weighted by atomic mass is 9.87. The Bertz CT molecular complexity index is 566. The van der Waals surface area contributed by atoms with Crippen molar-refractivity contribution in [1.29, 1.82) is 0 Å². The maximum atomic E-state index is 3.89. The molecule has 136 valence electrons. The Hall–Kier alpha value is -0.790. The second kappa shape index (κ2) is 8.73. The van der Waals surface area contributed by atoms with Crippen LogP contribution in [0.4, 0.5) is 0 Å². The van der Waals surface area contributed by atoms with Gasteiger partial charge in [0.25, 0.3) is 0 Å². The molecule has 2 aliphatic rings. The summed E-state index contributed by atoms with van der Waals surface area (Å²) in [7, 11) is -0.543. The normalized spacial score (nSPS) is 20.3. The average molecular weight is 356 g/mol. The molecule has 0 nitrogen and oxygen atoms in total. The molecule has 0 aliphatic heterocycles. The highest BCUT2D eigenvalue weighted by Crippen LogP contribution is 2.54. The first-order chi connectivity index (χ1) is 12.0. The number of hydrogen-bond donors (Lipinski definition) is 0. The van der Waals surface area contributed by atoms with Gasteiger partial charge in [-0.25, -0.2) is 0 Å². The molecular formula is C24H36P+. The fourth-order valence-electron chi connectivity index (χ4n) is 4.56. The van der Waals surface area contributed by atoms with Gasteiger partial charge >= 0.3 is 0 Å². The molecule has 0 unspecified atom stereocenters. The molecule has 0 radical (unpaired) electrons. The first-order valence-corrected chi connectivity index (χ1v) is 12.2. The summed E-state index contributed by atoms with van der Waals surface area (Å²) in [6.45, 7) is 6.84. The molecule has 0 aromatic heterocycles. The quantitative estimate of drug-likeness (QED) is 0.389. The van der Waals surface area contributed by atoms with E-state index in [4.69, 9.17) is 0 Å². The topological polar surface area (TPSA) is 0 Å². The molecular weight excluding hydrogens is 319 g/mol. The van der Waals surface area contributed by atoms with Crippen molar-refractivity contribution < 1.29 is 0 Å². The zero-order valence-electron chi connectivity index (χ0n) is 16.5. The lowest BCUT2D eigenvalue weighted by Crippen LogP contribution is -2.19. The van der Waals surface area contributed by atoms with E-state index >= 15 is 0 Å². The van der Waals surface area contributed by atoms with Gasteiger partial charge in [0.2, 0.25) is 0 Å². The lowest BCUT2D eigenvalue weighted by Gasteiger charge is -2.28. The van der Waals surface area contributed by atoms with E-state index in [-0.39, 0.29) is 5.41 Å². The molecule has 0 N–H and O–H groups in total. The third kappa shape index (κ3) is 5.34. The molecule has 0 atom stereocenters. The standard InChI is InChI=1S/C24H35P/c1-24(2,3)21-16-14-20(15-17-21)18-19-25(22-10-6-4-7-11-22)23-12-8-5-9-13-23/h14-17,22-23H,4-13H2,1-3H3/p+1. The number of benzene rings is 1. The lowest BCUT2D eigenvalue weighted by molar-refractivity contribution is 0.487. The molecule has 25 heavy (non-hydrogen) atoms. The predicted molar refractivity (Wildman–Crippen MR) is 114 cm³/mol. The summed E-state index contributed by atoms with van der Waals surface area (Å²) < 4.78 is 0. The third-order valence-electron chi connectivity index (χ3n) is 6.19. The minimum absolute atomic E-state index is 0.227. The van der Waals surface area contributed by atoms with Crippen molar-refractivity contribution in [2.45, 2.75) is 102 Å². The second-order valence-electron chi connectivity index (χ2n) is 9.20. The second-order valence-corrected chi connectivity index (χ2v) is 12.0. The summed E-state index contributed by atoms with van der Waals surface area (Å²) in [5.74, 6) is 3.61. The summed E-state index contributed by atoms with van der Waals surface area (Å²) in [5.41, 5.74) is 8.67. The molecule has 0 heterocycles. The average Bonchev–Trinajstić information content (AvgIpc) is 2.63. The fourth-order valence-corrected chi connectivity index (χ4v) is 7.99. The Kier molecular flexibility index (Phi) is 6.63. The van der Waals surface area contributed by atoms with Crippen molar-refractivity contribution in [3.63, 3.8) is 0 Å². The van der Waals surface area contributed by atoms with Crippen LogP contribution in [0.25, 0.3) is 0 Å². The van der Waals surface area contributed by atoms with Crippen LogP contribution in [0.3, 0.4) is 0 Å². The molecule has 0 amide bonds. The number of hydrogen-bond acceptors (Lipinski definition) is 0. The maximum absolute atomic E-state index is 3.89. The zero-order valence-corrected chi connectivity index (χ0v) is 17.5. The van der Waals surface area contributed by atoms with E-state index in [0.29, 0.717) is 0 Å². The highest BCUT2D eigenvalue weighted by Gasteiger charge is 2.36. The first kappa shape index (κ1) is 19.0. The van der Waals surface area contributed by atoms with Crippen molar-refractivity contribution in [2.24, 2.45) is 0 Å².